The van der Waals surface area contributed by atoms with Crippen LogP contribution in [0.3, 0.4) is 0 Å². The summed E-state index contributed by atoms with van der Waals surface area (Å²) in [5.74, 6) is 0.260. The molecule has 0 atom stereocenters. The summed E-state index contributed by atoms with van der Waals surface area (Å²) in [5.41, 5.74) is 2.18. The number of aromatic nitrogens is 5. The van der Waals surface area contributed by atoms with Gasteiger partial charge in [-0.1, -0.05) is 30.3 Å². The highest BCUT2D eigenvalue weighted by Gasteiger charge is 2.06. The molecule has 0 unspecified atom stereocenters. The third-order valence-electron chi connectivity index (χ3n) is 2.97. The molecule has 0 saturated carbocycles. The van der Waals surface area contributed by atoms with E-state index in [0.717, 1.165) is 11.1 Å². The zero-order valence-corrected chi connectivity index (χ0v) is 11.5. The van der Waals surface area contributed by atoms with E-state index in [0.29, 0.717) is 18.1 Å². The van der Waals surface area contributed by atoms with Crippen LogP contribution in [0.15, 0.2) is 55.0 Å². The first-order chi connectivity index (χ1) is 10.8. The minimum absolute atomic E-state index is 0.204. The van der Waals surface area contributed by atoms with Crippen molar-refractivity contribution in [3.8, 4) is 11.4 Å². The molecule has 2 aromatic heterocycles. The Balaban J connectivity index is 1.63. The van der Waals surface area contributed by atoms with Crippen molar-refractivity contribution in [2.24, 2.45) is 0 Å². The van der Waals surface area contributed by atoms with Crippen molar-refractivity contribution in [3.63, 3.8) is 0 Å². The van der Waals surface area contributed by atoms with E-state index in [-0.39, 0.29) is 5.91 Å². The molecule has 0 bridgehead atoms. The maximum atomic E-state index is 11.9. The van der Waals surface area contributed by atoms with Gasteiger partial charge in [-0.2, -0.15) is 0 Å². The third kappa shape index (κ3) is 3.26. The topological polar surface area (TPSA) is 93.6 Å². The van der Waals surface area contributed by atoms with Crippen LogP contribution in [0, 0.1) is 0 Å². The standard InChI is InChI=1S/C15H12N6O/c22-15(13-3-1-2-8-16-13)17-9-11-4-6-12(7-5-11)14-20-18-10-19-21-14/h1-8,10H,9H2,(H,17,22). The lowest BCUT2D eigenvalue weighted by Gasteiger charge is -2.05. The van der Waals surface area contributed by atoms with E-state index in [1.807, 2.05) is 24.3 Å². The van der Waals surface area contributed by atoms with Gasteiger partial charge >= 0.3 is 0 Å². The van der Waals surface area contributed by atoms with Gasteiger partial charge in [-0.15, -0.1) is 20.4 Å². The second-order valence-electron chi connectivity index (χ2n) is 4.46. The number of carbonyl (C=O) groups excluding carboxylic acids is 1. The van der Waals surface area contributed by atoms with Crippen molar-refractivity contribution in [3.05, 3.63) is 66.2 Å². The van der Waals surface area contributed by atoms with Crippen LogP contribution in [-0.4, -0.2) is 31.3 Å². The molecule has 7 nitrogen and oxygen atoms in total. The average Bonchev–Trinajstić information content (AvgIpc) is 2.61. The number of rotatable bonds is 4. The van der Waals surface area contributed by atoms with Crippen molar-refractivity contribution in [2.75, 3.05) is 0 Å². The third-order valence-corrected chi connectivity index (χ3v) is 2.97. The van der Waals surface area contributed by atoms with Crippen LogP contribution in [0.5, 0.6) is 0 Å². The van der Waals surface area contributed by atoms with Gasteiger partial charge in [0, 0.05) is 18.3 Å². The average molecular weight is 292 g/mol. The first kappa shape index (κ1) is 13.7. The Morgan fingerprint density at radius 3 is 2.45 bits per heavy atom. The van der Waals surface area contributed by atoms with Gasteiger partial charge < -0.3 is 5.32 Å². The normalized spacial score (nSPS) is 10.2. The molecule has 1 amide bonds. The summed E-state index contributed by atoms with van der Waals surface area (Å²) in [7, 11) is 0. The number of hydrogen-bond donors (Lipinski definition) is 1. The highest BCUT2D eigenvalue weighted by atomic mass is 16.1. The lowest BCUT2D eigenvalue weighted by atomic mass is 10.1. The fourth-order valence-electron chi connectivity index (χ4n) is 1.86. The van der Waals surface area contributed by atoms with Crippen LogP contribution >= 0.6 is 0 Å². The van der Waals surface area contributed by atoms with Gasteiger partial charge in [-0.3, -0.25) is 9.78 Å². The van der Waals surface area contributed by atoms with Gasteiger partial charge in [0.1, 0.15) is 5.69 Å². The van der Waals surface area contributed by atoms with Crippen molar-refractivity contribution in [1.82, 2.24) is 30.7 Å². The zero-order valence-electron chi connectivity index (χ0n) is 11.5. The number of hydrogen-bond acceptors (Lipinski definition) is 6. The van der Waals surface area contributed by atoms with Gasteiger partial charge in [0.15, 0.2) is 6.33 Å². The van der Waals surface area contributed by atoms with Gasteiger partial charge in [0.2, 0.25) is 5.82 Å². The number of amides is 1. The largest absolute Gasteiger partial charge is 0.347 e. The van der Waals surface area contributed by atoms with E-state index in [2.05, 4.69) is 30.7 Å². The molecular formula is C15H12N6O. The lowest BCUT2D eigenvalue weighted by Crippen LogP contribution is -2.23. The fraction of sp³-hybridized carbons (Fsp3) is 0.0667. The smallest absolute Gasteiger partial charge is 0.270 e. The van der Waals surface area contributed by atoms with Crippen molar-refractivity contribution in [1.29, 1.82) is 0 Å². The minimum atomic E-state index is -0.204. The summed E-state index contributed by atoms with van der Waals surface area (Å²) in [4.78, 5) is 15.9. The Kier molecular flexibility index (Phi) is 4.05. The first-order valence-corrected chi connectivity index (χ1v) is 6.62. The predicted molar refractivity (Wildman–Crippen MR) is 78.5 cm³/mol. The second kappa shape index (κ2) is 6.49. The van der Waals surface area contributed by atoms with E-state index in [1.165, 1.54) is 6.33 Å². The maximum absolute atomic E-state index is 11.9. The minimum Gasteiger partial charge on any atom is -0.347 e. The quantitative estimate of drug-likeness (QED) is 0.778. The van der Waals surface area contributed by atoms with Crippen LogP contribution in [0.1, 0.15) is 16.1 Å². The summed E-state index contributed by atoms with van der Waals surface area (Å²) in [5, 5.41) is 18.0. The number of carbonyl (C=O) groups is 1. The molecule has 0 aliphatic heterocycles. The molecular weight excluding hydrogens is 280 g/mol. The molecule has 0 radical (unpaired) electrons. The Morgan fingerprint density at radius 1 is 1.00 bits per heavy atom. The molecule has 2 heterocycles. The summed E-state index contributed by atoms with van der Waals surface area (Å²) in [6.45, 7) is 0.418. The van der Waals surface area contributed by atoms with Crippen molar-refractivity contribution >= 4 is 5.91 Å². The Labute approximate surface area is 126 Å². The van der Waals surface area contributed by atoms with Crippen LogP contribution in [0.4, 0.5) is 0 Å². The van der Waals surface area contributed by atoms with E-state index in [4.69, 9.17) is 0 Å². The van der Waals surface area contributed by atoms with Crippen molar-refractivity contribution in [2.45, 2.75) is 6.54 Å². The molecule has 1 N–H and O–H groups in total. The molecule has 1 aromatic carbocycles. The molecule has 0 spiro atoms. The van der Waals surface area contributed by atoms with Gasteiger partial charge in [-0.05, 0) is 17.7 Å². The molecule has 22 heavy (non-hydrogen) atoms. The molecule has 3 aromatic rings. The molecule has 0 aliphatic rings. The first-order valence-electron chi connectivity index (χ1n) is 6.62. The Bertz CT molecular complexity index is 746. The Morgan fingerprint density at radius 2 is 1.77 bits per heavy atom. The molecule has 0 saturated heterocycles. The summed E-state index contributed by atoms with van der Waals surface area (Å²) >= 11 is 0. The van der Waals surface area contributed by atoms with Gasteiger partial charge in [-0.25, -0.2) is 0 Å². The SMILES string of the molecule is O=C(NCc1ccc(-c2nncnn2)cc1)c1ccccn1. The van der Waals surface area contributed by atoms with E-state index < -0.39 is 0 Å². The van der Waals surface area contributed by atoms with Crippen LogP contribution in [0.2, 0.25) is 0 Å². The predicted octanol–water partition coefficient (Wildman–Crippen LogP) is 1.26. The summed E-state index contributed by atoms with van der Waals surface area (Å²) < 4.78 is 0. The van der Waals surface area contributed by atoms with E-state index in [1.54, 1.807) is 24.4 Å². The lowest BCUT2D eigenvalue weighted by molar-refractivity contribution is 0.0946. The number of benzene rings is 1. The fourth-order valence-corrected chi connectivity index (χ4v) is 1.86. The molecule has 108 valence electrons. The summed E-state index contributed by atoms with van der Waals surface area (Å²) in [6, 6.07) is 12.7. The van der Waals surface area contributed by atoms with E-state index >= 15 is 0 Å². The second-order valence-corrected chi connectivity index (χ2v) is 4.46. The number of nitrogens with one attached hydrogen (secondary N) is 1. The molecule has 0 aliphatic carbocycles. The van der Waals surface area contributed by atoms with Gasteiger partial charge in [0.25, 0.3) is 5.91 Å². The monoisotopic (exact) mass is 292 g/mol. The maximum Gasteiger partial charge on any atom is 0.270 e. The van der Waals surface area contributed by atoms with Crippen LogP contribution in [0.25, 0.3) is 11.4 Å². The Hall–Kier alpha value is -3.22. The van der Waals surface area contributed by atoms with E-state index in [9.17, 15) is 4.79 Å². The highest BCUT2D eigenvalue weighted by molar-refractivity contribution is 5.92. The highest BCUT2D eigenvalue weighted by Crippen LogP contribution is 2.13. The number of nitrogens with zero attached hydrogens (tertiary/aromatic N) is 5. The van der Waals surface area contributed by atoms with Crippen LogP contribution in [-0.2, 0) is 6.54 Å². The zero-order chi connectivity index (χ0) is 15.2. The van der Waals surface area contributed by atoms with Crippen molar-refractivity contribution < 1.29 is 4.79 Å². The van der Waals surface area contributed by atoms with Gasteiger partial charge in [0.05, 0.1) is 0 Å². The summed E-state index contributed by atoms with van der Waals surface area (Å²) in [6.07, 6.45) is 2.87. The molecule has 7 heteroatoms. The van der Waals surface area contributed by atoms with Crippen LogP contribution < -0.4 is 5.32 Å². The molecule has 0 fully saturated rings. The number of pyridine rings is 1. The molecule has 3 rings (SSSR count).